The Morgan fingerprint density at radius 3 is 2.45 bits per heavy atom. The maximum atomic E-state index is 12.7. The lowest BCUT2D eigenvalue weighted by molar-refractivity contribution is 0.0240. The van der Waals surface area contributed by atoms with Crippen LogP contribution in [0.3, 0.4) is 0 Å². The van der Waals surface area contributed by atoms with Crippen molar-refractivity contribution in [1.82, 2.24) is 24.0 Å². The third-order valence-electron chi connectivity index (χ3n) is 5.16. The molecule has 0 radical (unpaired) electrons. The predicted octanol–water partition coefficient (Wildman–Crippen LogP) is 1.00. The van der Waals surface area contributed by atoms with E-state index >= 15 is 0 Å². The van der Waals surface area contributed by atoms with Crippen molar-refractivity contribution in [2.75, 3.05) is 44.3 Å². The molecule has 0 unspecified atom stereocenters. The van der Waals surface area contributed by atoms with Crippen molar-refractivity contribution >= 4 is 23.2 Å². The smallest absolute Gasteiger partial charge is 0.410 e. The normalized spacial score (nSPS) is 14.3. The molecule has 11 heteroatoms. The highest BCUT2D eigenvalue weighted by molar-refractivity contribution is 5.75. The van der Waals surface area contributed by atoms with Gasteiger partial charge in [-0.1, -0.05) is 5.92 Å². The third-order valence-corrected chi connectivity index (χ3v) is 5.16. The van der Waals surface area contributed by atoms with E-state index in [1.807, 2.05) is 32.6 Å². The molecule has 33 heavy (non-hydrogen) atoms. The molecule has 3 heterocycles. The number of carbonyl (C=O) groups is 1. The summed E-state index contributed by atoms with van der Waals surface area (Å²) in [6.07, 6.45) is -0.353. The van der Waals surface area contributed by atoms with Gasteiger partial charge in [0.05, 0.1) is 19.7 Å². The van der Waals surface area contributed by atoms with Gasteiger partial charge in [-0.25, -0.2) is 9.59 Å². The quantitative estimate of drug-likeness (QED) is 0.505. The summed E-state index contributed by atoms with van der Waals surface area (Å²) in [5.74, 6) is 6.37. The number of ether oxygens (including phenoxy) is 2. The van der Waals surface area contributed by atoms with Crippen LogP contribution in [-0.2, 0) is 22.6 Å². The summed E-state index contributed by atoms with van der Waals surface area (Å²) < 4.78 is 14.0. The van der Waals surface area contributed by atoms with Crippen LogP contribution in [0.15, 0.2) is 9.59 Å². The Morgan fingerprint density at radius 2 is 1.85 bits per heavy atom. The van der Waals surface area contributed by atoms with E-state index in [4.69, 9.17) is 14.5 Å². The van der Waals surface area contributed by atoms with Crippen molar-refractivity contribution in [3.05, 3.63) is 20.8 Å². The first-order chi connectivity index (χ1) is 15.7. The number of nitrogens with one attached hydrogen (secondary N) is 1. The van der Waals surface area contributed by atoms with Crippen LogP contribution < -0.4 is 16.1 Å². The Balaban J connectivity index is 1.95. The second-order valence-electron chi connectivity index (χ2n) is 8.66. The summed E-state index contributed by atoms with van der Waals surface area (Å²) in [5.41, 5.74) is -1.01. The fraction of sp³-hybridized carbons (Fsp3) is 0.636. The van der Waals surface area contributed by atoms with Gasteiger partial charge >= 0.3 is 11.8 Å². The number of hydrogen-bond donors (Lipinski definition) is 1. The van der Waals surface area contributed by atoms with E-state index < -0.39 is 16.9 Å². The summed E-state index contributed by atoms with van der Waals surface area (Å²) in [5, 5.41) is 0. The maximum absolute atomic E-state index is 12.7. The summed E-state index contributed by atoms with van der Waals surface area (Å²) >= 11 is 0. The summed E-state index contributed by atoms with van der Waals surface area (Å²) in [6.45, 7) is 12.4. The Labute approximate surface area is 192 Å². The molecule has 0 bridgehead atoms. The van der Waals surface area contributed by atoms with E-state index in [1.165, 1.54) is 4.57 Å². The van der Waals surface area contributed by atoms with Crippen LogP contribution in [0.4, 0.5) is 10.7 Å². The lowest BCUT2D eigenvalue weighted by Gasteiger charge is -2.36. The van der Waals surface area contributed by atoms with Crippen LogP contribution in [0.2, 0.25) is 0 Å². The number of amides is 1. The van der Waals surface area contributed by atoms with Crippen molar-refractivity contribution in [3.63, 3.8) is 0 Å². The first-order valence-electron chi connectivity index (χ1n) is 11.1. The second-order valence-corrected chi connectivity index (χ2v) is 8.66. The number of aromatic nitrogens is 4. The molecule has 1 amide bonds. The first kappa shape index (κ1) is 24.4. The molecule has 0 aromatic carbocycles. The Bertz CT molecular complexity index is 1170. The average Bonchev–Trinajstić information content (AvgIpc) is 3.13. The second kappa shape index (κ2) is 10.1. The fourth-order valence-electron chi connectivity index (χ4n) is 3.63. The number of piperazine rings is 1. The van der Waals surface area contributed by atoms with E-state index in [0.717, 1.165) is 0 Å². The molecule has 0 aliphatic carbocycles. The van der Waals surface area contributed by atoms with Gasteiger partial charge in [0.1, 0.15) is 5.60 Å². The number of H-pyrrole nitrogens is 1. The van der Waals surface area contributed by atoms with Gasteiger partial charge in [0.15, 0.2) is 11.2 Å². The van der Waals surface area contributed by atoms with Gasteiger partial charge in [-0.15, -0.1) is 5.92 Å². The zero-order chi connectivity index (χ0) is 24.2. The molecule has 1 N–H and O–H groups in total. The number of hydrogen-bond acceptors (Lipinski definition) is 7. The number of aromatic amines is 1. The highest BCUT2D eigenvalue weighted by Gasteiger charge is 2.29. The minimum absolute atomic E-state index is 0.251. The highest BCUT2D eigenvalue weighted by atomic mass is 16.6. The molecule has 1 aliphatic rings. The molecule has 1 fully saturated rings. The van der Waals surface area contributed by atoms with Gasteiger partial charge in [-0.05, 0) is 34.6 Å². The van der Waals surface area contributed by atoms with E-state index in [-0.39, 0.29) is 19.2 Å². The number of nitrogens with zero attached hydrogens (tertiary/aromatic N) is 5. The van der Waals surface area contributed by atoms with Crippen LogP contribution in [0.1, 0.15) is 34.6 Å². The molecule has 2 aromatic rings. The van der Waals surface area contributed by atoms with Crippen molar-refractivity contribution in [2.24, 2.45) is 0 Å². The van der Waals surface area contributed by atoms with Crippen LogP contribution in [0.25, 0.3) is 11.2 Å². The summed E-state index contributed by atoms with van der Waals surface area (Å²) in [6, 6.07) is 0. The third kappa shape index (κ3) is 5.57. The Hall–Kier alpha value is -3.26. The van der Waals surface area contributed by atoms with E-state index in [1.54, 1.807) is 16.4 Å². The molecule has 0 atom stereocenters. The minimum Gasteiger partial charge on any atom is -0.444 e. The van der Waals surface area contributed by atoms with E-state index in [9.17, 15) is 14.4 Å². The lowest BCUT2D eigenvalue weighted by atomic mass is 10.2. The largest absolute Gasteiger partial charge is 0.444 e. The zero-order valence-electron chi connectivity index (χ0n) is 19.9. The van der Waals surface area contributed by atoms with Crippen LogP contribution >= 0.6 is 0 Å². The van der Waals surface area contributed by atoms with Gasteiger partial charge in [0.25, 0.3) is 5.56 Å². The van der Waals surface area contributed by atoms with Gasteiger partial charge < -0.3 is 19.3 Å². The van der Waals surface area contributed by atoms with Crippen LogP contribution in [0.5, 0.6) is 0 Å². The number of imidazole rings is 1. The number of anilines is 1. The minimum atomic E-state index is -0.562. The SMILES string of the molecule is CC#CCn1c(N2CCN(C(=O)OC(C)(C)C)CC2)nc2c1c(=O)[nH]c(=O)n2CCOCC. The molecule has 1 aliphatic heterocycles. The monoisotopic (exact) mass is 460 g/mol. The lowest BCUT2D eigenvalue weighted by Crippen LogP contribution is -2.50. The first-order valence-corrected chi connectivity index (χ1v) is 11.1. The molecule has 11 nitrogen and oxygen atoms in total. The average molecular weight is 461 g/mol. The van der Waals surface area contributed by atoms with Gasteiger partial charge in [0.2, 0.25) is 5.95 Å². The molecule has 2 aromatic heterocycles. The van der Waals surface area contributed by atoms with Crippen molar-refractivity contribution in [2.45, 2.75) is 53.3 Å². The number of carbonyl (C=O) groups excluding carboxylic acids is 1. The van der Waals surface area contributed by atoms with Gasteiger partial charge in [-0.2, -0.15) is 4.98 Å². The summed E-state index contributed by atoms with van der Waals surface area (Å²) in [4.78, 5) is 48.4. The topological polar surface area (TPSA) is 115 Å². The number of rotatable bonds is 6. The molecule has 0 spiro atoms. The molecule has 3 rings (SSSR count). The van der Waals surface area contributed by atoms with Crippen molar-refractivity contribution in [1.29, 1.82) is 0 Å². The van der Waals surface area contributed by atoms with E-state index in [0.29, 0.717) is 56.5 Å². The van der Waals surface area contributed by atoms with Gasteiger partial charge in [-0.3, -0.25) is 18.9 Å². The number of fused-ring (bicyclic) bond motifs is 1. The van der Waals surface area contributed by atoms with Gasteiger partial charge in [0, 0.05) is 32.8 Å². The highest BCUT2D eigenvalue weighted by Crippen LogP contribution is 2.22. The molecular formula is C22H32N6O5. The summed E-state index contributed by atoms with van der Waals surface area (Å²) in [7, 11) is 0. The predicted molar refractivity (Wildman–Crippen MR) is 125 cm³/mol. The Kier molecular flexibility index (Phi) is 7.48. The fourth-order valence-corrected chi connectivity index (χ4v) is 3.63. The zero-order valence-corrected chi connectivity index (χ0v) is 19.9. The molecular weight excluding hydrogens is 428 g/mol. The molecule has 180 valence electrons. The maximum Gasteiger partial charge on any atom is 0.410 e. The van der Waals surface area contributed by atoms with Crippen LogP contribution in [0, 0.1) is 11.8 Å². The Morgan fingerprint density at radius 1 is 1.15 bits per heavy atom. The molecule has 1 saturated heterocycles. The van der Waals surface area contributed by atoms with Crippen LogP contribution in [-0.4, -0.2) is 75.1 Å². The standard InChI is InChI=1S/C22H32N6O5/c1-6-8-9-27-16-17(28(14-15-32-7-2)20(30)24-18(16)29)23-19(27)25-10-12-26(13-11-25)21(31)33-22(3,4)5/h7,9-15H2,1-5H3,(H,24,29,30). The molecule has 0 saturated carbocycles. The van der Waals surface area contributed by atoms with E-state index in [2.05, 4.69) is 16.8 Å². The van der Waals surface area contributed by atoms with Crippen molar-refractivity contribution < 1.29 is 14.3 Å². The van der Waals surface area contributed by atoms with Crippen molar-refractivity contribution in [3.8, 4) is 11.8 Å².